The van der Waals surface area contributed by atoms with E-state index >= 15 is 0 Å². The van der Waals surface area contributed by atoms with Gasteiger partial charge in [0.15, 0.2) is 0 Å². The monoisotopic (exact) mass is 499 g/mol. The van der Waals surface area contributed by atoms with Crippen LogP contribution in [0.15, 0.2) is 60.0 Å². The number of nitrogens with one attached hydrogen (secondary N) is 1. The van der Waals surface area contributed by atoms with Crippen molar-refractivity contribution < 1.29 is 37.3 Å². The van der Waals surface area contributed by atoms with Crippen molar-refractivity contribution in [1.29, 1.82) is 0 Å². The molecule has 0 heterocycles. The fraction of sp³-hybridized carbons (Fsp3) is 0.160. The Labute approximate surface area is 203 Å². The van der Waals surface area contributed by atoms with Crippen molar-refractivity contribution in [2.24, 2.45) is 0 Å². The number of methoxy groups -OCH3 is 4. The summed E-state index contributed by atoms with van der Waals surface area (Å²) < 4.78 is 49.4. The number of rotatable bonds is 10. The Bertz CT molecular complexity index is 1340. The minimum Gasteiger partial charge on any atom is -0.496 e. The van der Waals surface area contributed by atoms with Gasteiger partial charge in [-0.1, -0.05) is 18.2 Å². The number of carbonyl (C=O) groups is 1. The molecular weight excluding hydrogens is 474 g/mol. The van der Waals surface area contributed by atoms with E-state index in [4.69, 9.17) is 18.9 Å². The second kappa shape index (κ2) is 10.8. The zero-order chi connectivity index (χ0) is 25.6. The van der Waals surface area contributed by atoms with E-state index in [0.717, 1.165) is 5.41 Å². The maximum Gasteiger partial charge on any atom is 0.336 e. The smallest absolute Gasteiger partial charge is 0.336 e. The predicted octanol–water partition coefficient (Wildman–Crippen LogP) is 4.50. The van der Waals surface area contributed by atoms with E-state index in [2.05, 4.69) is 4.72 Å². The lowest BCUT2D eigenvalue weighted by Crippen LogP contribution is -2.09. The maximum absolute atomic E-state index is 12.8. The molecule has 3 rings (SSSR count). The van der Waals surface area contributed by atoms with Crippen molar-refractivity contribution in [3.8, 4) is 34.1 Å². The van der Waals surface area contributed by atoms with Crippen LogP contribution in [0.2, 0.25) is 0 Å². The second-order valence-corrected chi connectivity index (χ2v) is 8.73. The highest BCUT2D eigenvalue weighted by Crippen LogP contribution is 2.36. The van der Waals surface area contributed by atoms with E-state index in [1.165, 1.54) is 52.7 Å². The van der Waals surface area contributed by atoms with Crippen molar-refractivity contribution in [3.05, 3.63) is 71.1 Å². The molecular formula is C25H25NO8S. The standard InChI is InChI=1S/C25H25NO8S/c1-31-17-14-23(33-3)20(24(15-17)34-4)11-12-35(29,30)26-16-9-10-22(32-2)21(13-16)18-7-5-6-8-19(18)25(27)28/h5-15,26H,1-4H3,(H,27,28). The Balaban J connectivity index is 1.98. The lowest BCUT2D eigenvalue weighted by molar-refractivity contribution is 0.0697. The fourth-order valence-corrected chi connectivity index (χ4v) is 4.28. The summed E-state index contributed by atoms with van der Waals surface area (Å²) in [5.41, 5.74) is 1.50. The Kier molecular flexibility index (Phi) is 7.87. The van der Waals surface area contributed by atoms with Gasteiger partial charge in [0.1, 0.15) is 23.0 Å². The molecule has 3 aromatic rings. The zero-order valence-corrected chi connectivity index (χ0v) is 20.4. The molecule has 184 valence electrons. The Morgan fingerprint density at radius 3 is 2.03 bits per heavy atom. The van der Waals surface area contributed by atoms with Gasteiger partial charge in [0, 0.05) is 23.4 Å². The number of sulfonamides is 1. The van der Waals surface area contributed by atoms with Crippen molar-refractivity contribution >= 4 is 27.8 Å². The first-order valence-corrected chi connectivity index (χ1v) is 11.8. The van der Waals surface area contributed by atoms with Crippen LogP contribution in [0.5, 0.6) is 23.0 Å². The molecule has 35 heavy (non-hydrogen) atoms. The van der Waals surface area contributed by atoms with Gasteiger partial charge in [-0.2, -0.15) is 0 Å². The van der Waals surface area contributed by atoms with E-state index in [-0.39, 0.29) is 11.3 Å². The molecule has 0 amide bonds. The van der Waals surface area contributed by atoms with E-state index < -0.39 is 16.0 Å². The van der Waals surface area contributed by atoms with Crippen LogP contribution in [0.3, 0.4) is 0 Å². The van der Waals surface area contributed by atoms with Crippen LogP contribution in [0.4, 0.5) is 5.69 Å². The average Bonchev–Trinajstić information content (AvgIpc) is 2.86. The molecule has 0 spiro atoms. The van der Waals surface area contributed by atoms with E-state index in [1.54, 1.807) is 36.4 Å². The Morgan fingerprint density at radius 1 is 0.829 bits per heavy atom. The van der Waals surface area contributed by atoms with E-state index in [0.29, 0.717) is 39.7 Å². The highest BCUT2D eigenvalue weighted by molar-refractivity contribution is 7.95. The summed E-state index contributed by atoms with van der Waals surface area (Å²) in [6, 6.07) is 14.2. The van der Waals surface area contributed by atoms with Gasteiger partial charge in [0.2, 0.25) is 0 Å². The summed E-state index contributed by atoms with van der Waals surface area (Å²) in [5.74, 6) is 0.502. The first-order valence-electron chi connectivity index (χ1n) is 10.2. The third kappa shape index (κ3) is 5.85. The summed E-state index contributed by atoms with van der Waals surface area (Å²) in [6.45, 7) is 0. The van der Waals surface area contributed by atoms with Crippen LogP contribution in [0, 0.1) is 0 Å². The summed E-state index contributed by atoms with van der Waals surface area (Å²) >= 11 is 0. The molecule has 0 atom stereocenters. The topological polar surface area (TPSA) is 120 Å². The molecule has 2 N–H and O–H groups in total. The SMILES string of the molecule is COc1cc(OC)c(C=CS(=O)(=O)Nc2ccc(OC)c(-c3ccccc3C(=O)O)c2)c(OC)c1. The summed E-state index contributed by atoms with van der Waals surface area (Å²) in [5, 5.41) is 10.5. The van der Waals surface area contributed by atoms with Crippen molar-refractivity contribution in [1.82, 2.24) is 0 Å². The van der Waals surface area contributed by atoms with Gasteiger partial charge in [0.25, 0.3) is 10.0 Å². The normalized spacial score (nSPS) is 11.2. The molecule has 0 saturated carbocycles. The maximum atomic E-state index is 12.8. The molecule has 0 aromatic heterocycles. The third-order valence-electron chi connectivity index (χ3n) is 5.07. The lowest BCUT2D eigenvalue weighted by atomic mass is 9.98. The van der Waals surface area contributed by atoms with Crippen LogP contribution >= 0.6 is 0 Å². The summed E-state index contributed by atoms with van der Waals surface area (Å²) in [4.78, 5) is 11.7. The number of carboxylic acids is 1. The lowest BCUT2D eigenvalue weighted by Gasteiger charge is -2.14. The van der Waals surface area contributed by atoms with Gasteiger partial charge in [-0.25, -0.2) is 13.2 Å². The first-order chi connectivity index (χ1) is 16.7. The Morgan fingerprint density at radius 2 is 1.46 bits per heavy atom. The minimum absolute atomic E-state index is 0.0596. The molecule has 0 aliphatic carbocycles. The van der Waals surface area contributed by atoms with Crippen LogP contribution < -0.4 is 23.7 Å². The molecule has 0 bridgehead atoms. The van der Waals surface area contributed by atoms with Gasteiger partial charge in [0.05, 0.1) is 45.0 Å². The van der Waals surface area contributed by atoms with Gasteiger partial charge in [-0.15, -0.1) is 0 Å². The van der Waals surface area contributed by atoms with Crippen LogP contribution in [-0.2, 0) is 10.0 Å². The van der Waals surface area contributed by atoms with Crippen LogP contribution in [0.25, 0.3) is 17.2 Å². The number of benzene rings is 3. The Hall–Kier alpha value is -4.18. The van der Waals surface area contributed by atoms with Gasteiger partial charge < -0.3 is 24.1 Å². The minimum atomic E-state index is -3.97. The number of aromatic carboxylic acids is 1. The number of hydrogen-bond acceptors (Lipinski definition) is 7. The number of ether oxygens (including phenoxy) is 4. The van der Waals surface area contributed by atoms with Gasteiger partial charge in [-0.05, 0) is 35.9 Å². The molecule has 0 aliphatic heterocycles. The van der Waals surface area contributed by atoms with E-state index in [9.17, 15) is 18.3 Å². The number of hydrogen-bond donors (Lipinski definition) is 2. The molecule has 10 heteroatoms. The molecule has 0 radical (unpaired) electrons. The predicted molar refractivity (Wildman–Crippen MR) is 133 cm³/mol. The first kappa shape index (κ1) is 25.4. The summed E-state index contributed by atoms with van der Waals surface area (Å²) in [6.07, 6.45) is 1.35. The largest absolute Gasteiger partial charge is 0.496 e. The third-order valence-corrected chi connectivity index (χ3v) is 6.09. The van der Waals surface area contributed by atoms with E-state index in [1.807, 2.05) is 0 Å². The highest BCUT2D eigenvalue weighted by atomic mass is 32.2. The molecule has 3 aromatic carbocycles. The van der Waals surface area contributed by atoms with Crippen molar-refractivity contribution in [2.45, 2.75) is 0 Å². The fourth-order valence-electron chi connectivity index (χ4n) is 3.44. The van der Waals surface area contributed by atoms with Crippen LogP contribution in [0.1, 0.15) is 15.9 Å². The molecule has 0 aliphatic rings. The van der Waals surface area contributed by atoms with Gasteiger partial charge in [-0.3, -0.25) is 4.72 Å². The molecule has 0 unspecified atom stereocenters. The number of carboxylic acid groups (broad SMARTS) is 1. The van der Waals surface area contributed by atoms with Crippen LogP contribution in [-0.4, -0.2) is 47.9 Å². The van der Waals surface area contributed by atoms with Crippen molar-refractivity contribution in [2.75, 3.05) is 33.2 Å². The van der Waals surface area contributed by atoms with Gasteiger partial charge >= 0.3 is 5.97 Å². The second-order valence-electron chi connectivity index (χ2n) is 7.16. The highest BCUT2D eigenvalue weighted by Gasteiger charge is 2.17. The zero-order valence-electron chi connectivity index (χ0n) is 19.6. The van der Waals surface area contributed by atoms with Crippen molar-refractivity contribution in [3.63, 3.8) is 0 Å². The molecule has 0 saturated heterocycles. The molecule has 9 nitrogen and oxygen atoms in total. The number of anilines is 1. The average molecular weight is 500 g/mol. The summed E-state index contributed by atoms with van der Waals surface area (Å²) in [7, 11) is 1.87. The molecule has 0 fully saturated rings. The quantitative estimate of drug-likeness (QED) is 0.418.